The van der Waals surface area contributed by atoms with Gasteiger partial charge in [0, 0.05) is 0 Å². The van der Waals surface area contributed by atoms with E-state index in [4.69, 9.17) is 19.5 Å². The molecule has 3 unspecified atom stereocenters. The van der Waals surface area contributed by atoms with Crippen molar-refractivity contribution in [1.82, 2.24) is 0 Å². The fourth-order valence-corrected chi connectivity index (χ4v) is 2.90. The normalized spacial score (nSPS) is 39.3. The summed E-state index contributed by atoms with van der Waals surface area (Å²) in [5.41, 5.74) is 5.38. The minimum atomic E-state index is -2.94. The van der Waals surface area contributed by atoms with E-state index < -0.39 is 7.60 Å². The highest BCUT2D eigenvalue weighted by molar-refractivity contribution is 7.54. The van der Waals surface area contributed by atoms with Crippen LogP contribution in [0.5, 0.6) is 0 Å². The quantitative estimate of drug-likeness (QED) is 0.597. The largest absolute Gasteiger partial charge is 0.356 e. The lowest BCUT2D eigenvalue weighted by molar-refractivity contribution is -0.0991. The zero-order chi connectivity index (χ0) is 11.6. The summed E-state index contributed by atoms with van der Waals surface area (Å²) in [7, 11) is -2.94. The smallest absolute Gasteiger partial charge is 0.333 e. The molecule has 1 aliphatic rings. The van der Waals surface area contributed by atoms with Crippen molar-refractivity contribution in [3.63, 3.8) is 0 Å². The maximum absolute atomic E-state index is 12.0. The van der Waals surface area contributed by atoms with E-state index in [1.165, 1.54) is 0 Å². The van der Waals surface area contributed by atoms with E-state index in [1.54, 1.807) is 6.92 Å². The van der Waals surface area contributed by atoms with Gasteiger partial charge in [0.15, 0.2) is 0 Å². The van der Waals surface area contributed by atoms with Crippen molar-refractivity contribution in [3.05, 3.63) is 0 Å². The Labute approximate surface area is 90.8 Å². The van der Waals surface area contributed by atoms with E-state index in [2.05, 4.69) is 0 Å². The number of hydrogen-bond acceptors (Lipinski definition) is 5. The zero-order valence-electron chi connectivity index (χ0n) is 9.67. The molecule has 90 valence electrons. The average Bonchev–Trinajstić information content (AvgIpc) is 2.09. The van der Waals surface area contributed by atoms with Gasteiger partial charge in [-0.25, -0.2) is 0 Å². The van der Waals surface area contributed by atoms with Crippen LogP contribution >= 0.6 is 7.60 Å². The first-order valence-corrected chi connectivity index (χ1v) is 6.80. The highest BCUT2D eigenvalue weighted by Crippen LogP contribution is 2.56. The molecule has 1 heterocycles. The topological polar surface area (TPSA) is 70.8 Å². The van der Waals surface area contributed by atoms with E-state index in [0.29, 0.717) is 0 Å². The van der Waals surface area contributed by atoms with Crippen molar-refractivity contribution < 1.29 is 18.3 Å². The Morgan fingerprint density at radius 3 is 2.47 bits per heavy atom. The standard InChI is InChI=1S/C9H20NO4P/c1-6(2)15(11)12-5-9(7(3)14-15)13-8(4)10/h6-9H,5,10H2,1-4H3/t7?,8?,9-,15?/m1/s1. The molecule has 2 N–H and O–H groups in total. The van der Waals surface area contributed by atoms with E-state index in [9.17, 15) is 4.57 Å². The van der Waals surface area contributed by atoms with E-state index >= 15 is 0 Å². The van der Waals surface area contributed by atoms with Crippen LogP contribution in [0.2, 0.25) is 0 Å². The Morgan fingerprint density at radius 1 is 1.47 bits per heavy atom. The summed E-state index contributed by atoms with van der Waals surface area (Å²) in [6.07, 6.45) is -0.870. The van der Waals surface area contributed by atoms with Gasteiger partial charge in [-0.1, -0.05) is 13.8 Å². The molecule has 0 aromatic heterocycles. The molecule has 6 heteroatoms. The highest BCUT2D eigenvalue weighted by atomic mass is 31.2. The summed E-state index contributed by atoms with van der Waals surface area (Å²) in [4.78, 5) is 0. The van der Waals surface area contributed by atoms with E-state index in [1.807, 2.05) is 20.8 Å². The molecule has 0 aromatic carbocycles. The predicted molar refractivity (Wildman–Crippen MR) is 57.8 cm³/mol. The van der Waals surface area contributed by atoms with Crippen LogP contribution in [0.25, 0.3) is 0 Å². The molecule has 0 aromatic rings. The van der Waals surface area contributed by atoms with Gasteiger partial charge >= 0.3 is 7.60 Å². The lowest BCUT2D eigenvalue weighted by Crippen LogP contribution is -2.41. The Balaban J connectivity index is 2.59. The molecule has 0 spiro atoms. The average molecular weight is 237 g/mol. The van der Waals surface area contributed by atoms with Gasteiger partial charge in [-0.2, -0.15) is 0 Å². The Kier molecular flexibility index (Phi) is 4.32. The fraction of sp³-hybridized carbons (Fsp3) is 1.00. The van der Waals surface area contributed by atoms with Crippen molar-refractivity contribution in [3.8, 4) is 0 Å². The second-order valence-corrected chi connectivity index (χ2v) is 6.70. The summed E-state index contributed by atoms with van der Waals surface area (Å²) in [6.45, 7) is 7.48. The first-order valence-electron chi connectivity index (χ1n) is 5.19. The maximum Gasteiger partial charge on any atom is 0.333 e. The van der Waals surface area contributed by atoms with Gasteiger partial charge < -0.3 is 19.5 Å². The highest BCUT2D eigenvalue weighted by Gasteiger charge is 2.40. The molecule has 0 saturated carbocycles. The SMILES string of the molecule is CC(N)O[C@@H]1COP(=O)(C(C)C)OC1C. The monoisotopic (exact) mass is 237 g/mol. The fourth-order valence-electron chi connectivity index (χ4n) is 1.34. The molecule has 0 bridgehead atoms. The number of ether oxygens (including phenoxy) is 1. The third-order valence-corrected chi connectivity index (χ3v) is 4.68. The van der Waals surface area contributed by atoms with Crippen LogP contribution in [-0.4, -0.2) is 30.7 Å². The van der Waals surface area contributed by atoms with Crippen molar-refractivity contribution >= 4 is 7.60 Å². The summed E-state index contributed by atoms with van der Waals surface area (Å²) >= 11 is 0. The third kappa shape index (κ3) is 3.26. The van der Waals surface area contributed by atoms with Gasteiger partial charge in [-0.05, 0) is 13.8 Å². The molecule has 0 amide bonds. The molecule has 1 rings (SSSR count). The van der Waals surface area contributed by atoms with Crippen LogP contribution in [0, 0.1) is 0 Å². The van der Waals surface area contributed by atoms with Crippen LogP contribution in [0.15, 0.2) is 0 Å². The second kappa shape index (κ2) is 4.93. The Bertz CT molecular complexity index is 256. The molecule has 4 atom stereocenters. The van der Waals surface area contributed by atoms with Crippen molar-refractivity contribution in [2.75, 3.05) is 6.61 Å². The Morgan fingerprint density at radius 2 is 2.07 bits per heavy atom. The van der Waals surface area contributed by atoms with Gasteiger partial charge in [0.05, 0.1) is 18.4 Å². The van der Waals surface area contributed by atoms with Crippen molar-refractivity contribution in [1.29, 1.82) is 0 Å². The minimum Gasteiger partial charge on any atom is -0.356 e. The van der Waals surface area contributed by atoms with Crippen LogP contribution < -0.4 is 5.73 Å². The maximum atomic E-state index is 12.0. The second-order valence-electron chi connectivity index (χ2n) is 4.12. The molecular weight excluding hydrogens is 217 g/mol. The van der Waals surface area contributed by atoms with Gasteiger partial charge in [0.1, 0.15) is 12.3 Å². The van der Waals surface area contributed by atoms with Gasteiger partial charge in [-0.3, -0.25) is 4.57 Å². The summed E-state index contributed by atoms with van der Waals surface area (Å²) in [6, 6.07) is 0. The molecule has 1 aliphatic heterocycles. The molecular formula is C9H20NO4P. The van der Waals surface area contributed by atoms with Gasteiger partial charge in [0.25, 0.3) is 0 Å². The van der Waals surface area contributed by atoms with Gasteiger partial charge in [-0.15, -0.1) is 0 Å². The number of rotatable bonds is 3. The third-order valence-electron chi connectivity index (χ3n) is 2.28. The van der Waals surface area contributed by atoms with E-state index in [0.717, 1.165) is 0 Å². The molecule has 5 nitrogen and oxygen atoms in total. The van der Waals surface area contributed by atoms with Crippen LogP contribution in [0.3, 0.4) is 0 Å². The molecule has 1 saturated heterocycles. The lowest BCUT2D eigenvalue weighted by Gasteiger charge is -2.36. The lowest BCUT2D eigenvalue weighted by atomic mass is 10.2. The zero-order valence-corrected chi connectivity index (χ0v) is 10.6. The van der Waals surface area contributed by atoms with Crippen LogP contribution in [0.1, 0.15) is 27.7 Å². The van der Waals surface area contributed by atoms with Crippen LogP contribution in [-0.2, 0) is 18.3 Å². The van der Waals surface area contributed by atoms with Crippen molar-refractivity contribution in [2.24, 2.45) is 5.73 Å². The summed E-state index contributed by atoms with van der Waals surface area (Å²) < 4.78 is 28.1. The van der Waals surface area contributed by atoms with E-state index in [-0.39, 0.29) is 30.7 Å². The number of nitrogens with two attached hydrogens (primary N) is 1. The first-order chi connectivity index (χ1) is 6.85. The predicted octanol–water partition coefficient (Wildman–Crippen LogP) is 1.71. The molecule has 0 aliphatic carbocycles. The van der Waals surface area contributed by atoms with Gasteiger partial charge in [0.2, 0.25) is 0 Å². The first kappa shape index (κ1) is 13.1. The summed E-state index contributed by atoms with van der Waals surface area (Å²) in [5, 5.41) is 0. The summed E-state index contributed by atoms with van der Waals surface area (Å²) in [5.74, 6) is 0. The molecule has 15 heavy (non-hydrogen) atoms. The molecule has 0 radical (unpaired) electrons. The molecule has 1 fully saturated rings. The Hall–Kier alpha value is 0.0700. The van der Waals surface area contributed by atoms with Crippen molar-refractivity contribution in [2.45, 2.75) is 51.8 Å². The van der Waals surface area contributed by atoms with Crippen LogP contribution in [0.4, 0.5) is 0 Å². The number of hydrogen-bond donors (Lipinski definition) is 1. The minimum absolute atomic E-state index is 0.129.